The van der Waals surface area contributed by atoms with Crippen LogP contribution in [0.4, 0.5) is 0 Å². The molecule has 4 rings (SSSR count). The van der Waals surface area contributed by atoms with Crippen LogP contribution in [0.25, 0.3) is 0 Å². The van der Waals surface area contributed by atoms with Crippen molar-refractivity contribution in [3.05, 3.63) is 81.4 Å². The van der Waals surface area contributed by atoms with Crippen molar-refractivity contribution in [1.82, 2.24) is 19.7 Å². The molecule has 0 saturated carbocycles. The van der Waals surface area contributed by atoms with Crippen LogP contribution in [0, 0.1) is 13.8 Å². The average Bonchev–Trinajstić information content (AvgIpc) is 3.05. The van der Waals surface area contributed by atoms with Gasteiger partial charge in [0.1, 0.15) is 0 Å². The molecule has 3 aromatic rings. The zero-order valence-corrected chi connectivity index (χ0v) is 18.5. The third-order valence-electron chi connectivity index (χ3n) is 5.70. The second-order valence-electron chi connectivity index (χ2n) is 8.24. The number of rotatable bonds is 4. The molecule has 1 atom stereocenters. The first-order valence-electron chi connectivity index (χ1n) is 10.4. The number of piperidine rings is 1. The predicted molar refractivity (Wildman–Crippen MR) is 119 cm³/mol. The third kappa shape index (κ3) is 4.57. The molecule has 5 nitrogen and oxygen atoms in total. The largest absolute Gasteiger partial charge is 0.338 e. The number of hydrogen-bond acceptors (Lipinski definition) is 3. The maximum absolute atomic E-state index is 13.1. The third-order valence-corrected chi connectivity index (χ3v) is 5.94. The minimum Gasteiger partial charge on any atom is -0.338 e. The lowest BCUT2D eigenvalue weighted by Gasteiger charge is -2.32. The summed E-state index contributed by atoms with van der Waals surface area (Å²) in [7, 11) is 1.85. The van der Waals surface area contributed by atoms with Gasteiger partial charge in [-0.3, -0.25) is 14.5 Å². The van der Waals surface area contributed by atoms with Crippen LogP contribution < -0.4 is 0 Å². The van der Waals surface area contributed by atoms with Crippen molar-refractivity contribution in [2.45, 2.75) is 39.0 Å². The summed E-state index contributed by atoms with van der Waals surface area (Å²) in [5, 5.41) is 5.08. The van der Waals surface area contributed by atoms with Crippen molar-refractivity contribution in [1.29, 1.82) is 0 Å². The van der Waals surface area contributed by atoms with Gasteiger partial charge in [0.25, 0.3) is 5.91 Å². The van der Waals surface area contributed by atoms with Gasteiger partial charge in [-0.2, -0.15) is 5.10 Å². The van der Waals surface area contributed by atoms with Crippen LogP contribution in [0.2, 0.25) is 5.02 Å². The molecule has 1 aliphatic heterocycles. The van der Waals surface area contributed by atoms with E-state index in [9.17, 15) is 4.79 Å². The molecule has 30 heavy (non-hydrogen) atoms. The number of benzene rings is 1. The topological polar surface area (TPSA) is 51.0 Å². The van der Waals surface area contributed by atoms with E-state index in [4.69, 9.17) is 16.6 Å². The zero-order chi connectivity index (χ0) is 21.3. The van der Waals surface area contributed by atoms with E-state index in [2.05, 4.69) is 23.3 Å². The van der Waals surface area contributed by atoms with E-state index in [-0.39, 0.29) is 11.8 Å². The highest BCUT2D eigenvalue weighted by Gasteiger charge is 2.28. The molecule has 3 heterocycles. The van der Waals surface area contributed by atoms with Gasteiger partial charge in [-0.25, -0.2) is 0 Å². The highest BCUT2D eigenvalue weighted by atomic mass is 35.5. The molecule has 1 aromatic carbocycles. The minimum absolute atomic E-state index is 0.0668. The number of hydrogen-bond donors (Lipinski definition) is 0. The van der Waals surface area contributed by atoms with E-state index >= 15 is 0 Å². The number of aromatic nitrogens is 3. The van der Waals surface area contributed by atoms with E-state index in [0.717, 1.165) is 47.9 Å². The van der Waals surface area contributed by atoms with Crippen molar-refractivity contribution in [3.63, 3.8) is 0 Å². The minimum atomic E-state index is 0.0668. The van der Waals surface area contributed by atoms with Crippen LogP contribution in [0.15, 0.2) is 42.6 Å². The Hall–Kier alpha value is -2.66. The molecule has 6 heteroatoms. The van der Waals surface area contributed by atoms with Crippen molar-refractivity contribution in [3.8, 4) is 0 Å². The van der Waals surface area contributed by atoms with Gasteiger partial charge in [0.15, 0.2) is 0 Å². The summed E-state index contributed by atoms with van der Waals surface area (Å²) in [5.41, 5.74) is 5.97. The van der Waals surface area contributed by atoms with E-state index in [1.807, 2.05) is 50.2 Å². The standard InChI is InChI=1S/C24H27ClN4O/c1-16-10-19(11-18-6-4-8-21(25)12-18)13-23(26-16)20-7-5-9-29(14-20)24(30)22-15-28(3)27-17(22)2/h4,6,8,10,12-13,15,20H,5,7,9,11,14H2,1-3H3. The lowest BCUT2D eigenvalue weighted by Crippen LogP contribution is -2.39. The maximum Gasteiger partial charge on any atom is 0.257 e. The summed E-state index contributed by atoms with van der Waals surface area (Å²) >= 11 is 6.15. The van der Waals surface area contributed by atoms with Crippen molar-refractivity contribution >= 4 is 17.5 Å². The smallest absolute Gasteiger partial charge is 0.257 e. The van der Waals surface area contributed by atoms with E-state index in [1.165, 1.54) is 11.1 Å². The van der Waals surface area contributed by atoms with Crippen LogP contribution in [-0.2, 0) is 13.5 Å². The number of aryl methyl sites for hydroxylation is 3. The molecule has 0 aliphatic carbocycles. The maximum atomic E-state index is 13.1. The van der Waals surface area contributed by atoms with Crippen LogP contribution >= 0.6 is 11.6 Å². The Bertz CT molecular complexity index is 1070. The van der Waals surface area contributed by atoms with Gasteiger partial charge in [0.2, 0.25) is 0 Å². The second kappa shape index (κ2) is 8.60. The molecular formula is C24H27ClN4O. The summed E-state index contributed by atoms with van der Waals surface area (Å²) < 4.78 is 1.70. The zero-order valence-electron chi connectivity index (χ0n) is 17.7. The van der Waals surface area contributed by atoms with Crippen molar-refractivity contribution < 1.29 is 4.79 Å². The monoisotopic (exact) mass is 422 g/mol. The number of halogens is 1. The Balaban J connectivity index is 1.54. The molecule has 156 valence electrons. The lowest BCUT2D eigenvalue weighted by molar-refractivity contribution is 0.0705. The highest BCUT2D eigenvalue weighted by Crippen LogP contribution is 2.28. The normalized spacial score (nSPS) is 16.7. The van der Waals surface area contributed by atoms with Gasteiger partial charge in [0, 0.05) is 48.7 Å². The number of likely N-dealkylation sites (tertiary alicyclic amines) is 1. The van der Waals surface area contributed by atoms with Crippen LogP contribution in [0.1, 0.15) is 57.3 Å². The summed E-state index contributed by atoms with van der Waals surface area (Å²) in [5.74, 6) is 0.315. The Kier molecular flexibility index (Phi) is 5.91. The van der Waals surface area contributed by atoms with Crippen molar-refractivity contribution in [2.75, 3.05) is 13.1 Å². The number of pyridine rings is 1. The van der Waals surface area contributed by atoms with Gasteiger partial charge in [-0.1, -0.05) is 23.7 Å². The van der Waals surface area contributed by atoms with Crippen LogP contribution in [0.5, 0.6) is 0 Å². The van der Waals surface area contributed by atoms with Gasteiger partial charge < -0.3 is 4.90 Å². The molecule has 1 fully saturated rings. The Labute approximate surface area is 182 Å². The summed E-state index contributed by atoms with van der Waals surface area (Å²) in [6.45, 7) is 5.40. The van der Waals surface area contributed by atoms with E-state index in [0.29, 0.717) is 12.1 Å². The predicted octanol–water partition coefficient (Wildman–Crippen LogP) is 4.70. The number of nitrogens with zero attached hydrogens (tertiary/aromatic N) is 4. The molecule has 0 N–H and O–H groups in total. The SMILES string of the molecule is Cc1cc(Cc2cccc(Cl)c2)cc(C2CCCN(C(=O)c3cn(C)nc3C)C2)n1. The summed E-state index contributed by atoms with van der Waals surface area (Å²) in [6, 6.07) is 12.3. The Morgan fingerprint density at radius 3 is 2.77 bits per heavy atom. The summed E-state index contributed by atoms with van der Waals surface area (Å²) in [4.78, 5) is 19.8. The Morgan fingerprint density at radius 2 is 2.03 bits per heavy atom. The second-order valence-corrected chi connectivity index (χ2v) is 8.68. The first-order valence-corrected chi connectivity index (χ1v) is 10.8. The average molecular weight is 423 g/mol. The fourth-order valence-corrected chi connectivity index (χ4v) is 4.56. The molecule has 1 aliphatic rings. The number of carbonyl (C=O) groups is 1. The van der Waals surface area contributed by atoms with Gasteiger partial charge in [-0.05, 0) is 68.5 Å². The molecular weight excluding hydrogens is 396 g/mol. The van der Waals surface area contributed by atoms with Gasteiger partial charge in [-0.15, -0.1) is 0 Å². The van der Waals surface area contributed by atoms with E-state index in [1.54, 1.807) is 4.68 Å². The quantitative estimate of drug-likeness (QED) is 0.612. The molecule has 2 aromatic heterocycles. The van der Waals surface area contributed by atoms with Crippen LogP contribution in [-0.4, -0.2) is 38.7 Å². The lowest BCUT2D eigenvalue weighted by atomic mass is 9.92. The van der Waals surface area contributed by atoms with Crippen molar-refractivity contribution in [2.24, 2.45) is 7.05 Å². The first-order chi connectivity index (χ1) is 14.4. The fourth-order valence-electron chi connectivity index (χ4n) is 4.34. The van der Waals surface area contributed by atoms with Gasteiger partial charge >= 0.3 is 0 Å². The Morgan fingerprint density at radius 1 is 1.20 bits per heavy atom. The molecule has 1 unspecified atom stereocenters. The van der Waals surface area contributed by atoms with Crippen LogP contribution in [0.3, 0.4) is 0 Å². The fraction of sp³-hybridized carbons (Fsp3) is 0.375. The molecule has 1 saturated heterocycles. The molecule has 1 amide bonds. The van der Waals surface area contributed by atoms with E-state index < -0.39 is 0 Å². The highest BCUT2D eigenvalue weighted by molar-refractivity contribution is 6.30. The number of amides is 1. The first kappa shape index (κ1) is 20.6. The van der Waals surface area contributed by atoms with Gasteiger partial charge in [0.05, 0.1) is 11.3 Å². The number of carbonyl (C=O) groups excluding carboxylic acids is 1. The molecule has 0 spiro atoms. The molecule has 0 bridgehead atoms. The summed E-state index contributed by atoms with van der Waals surface area (Å²) in [6.07, 6.45) is 4.66. The molecule has 0 radical (unpaired) electrons.